The number of fused-ring (bicyclic) bond motifs is 9. The van der Waals surface area contributed by atoms with E-state index in [1.165, 1.54) is 57.0 Å². The summed E-state index contributed by atoms with van der Waals surface area (Å²) >= 11 is 3.71. The highest BCUT2D eigenvalue weighted by molar-refractivity contribution is 7.26. The van der Waals surface area contributed by atoms with Gasteiger partial charge in [0.25, 0.3) is 0 Å². The van der Waals surface area contributed by atoms with Gasteiger partial charge in [0.15, 0.2) is 17.5 Å². The minimum atomic E-state index is 0.594. The summed E-state index contributed by atoms with van der Waals surface area (Å²) in [7, 11) is 0. The number of thiophene rings is 2. The molecule has 0 spiro atoms. The summed E-state index contributed by atoms with van der Waals surface area (Å²) in [6, 6.07) is 70.9. The maximum absolute atomic E-state index is 6.58. The van der Waals surface area contributed by atoms with E-state index in [0.29, 0.717) is 17.5 Å². The van der Waals surface area contributed by atoms with Gasteiger partial charge in [-0.05, 0) is 81.9 Å². The van der Waals surface area contributed by atoms with Gasteiger partial charge in [-0.1, -0.05) is 152 Å². The van der Waals surface area contributed by atoms with Gasteiger partial charge in [0.1, 0.15) is 11.2 Å². The van der Waals surface area contributed by atoms with Crippen molar-refractivity contribution in [3.05, 3.63) is 200 Å². The quantitative estimate of drug-likeness (QED) is 0.167. The molecule has 0 amide bonds. The fourth-order valence-corrected chi connectivity index (χ4v) is 11.4. The lowest BCUT2D eigenvalue weighted by Gasteiger charge is -2.10. The maximum atomic E-state index is 6.58. The molecule has 0 saturated heterocycles. The average Bonchev–Trinajstić information content (AvgIpc) is 4.05. The van der Waals surface area contributed by atoms with Crippen LogP contribution >= 0.6 is 22.7 Å². The average molecular weight is 840 g/mol. The molecule has 9 aromatic carbocycles. The summed E-state index contributed by atoms with van der Waals surface area (Å²) in [5, 5.41) is 7.16. The minimum Gasteiger partial charge on any atom is -0.456 e. The van der Waals surface area contributed by atoms with Crippen LogP contribution in [0.2, 0.25) is 0 Å². The van der Waals surface area contributed by atoms with Crippen molar-refractivity contribution < 1.29 is 4.42 Å². The third kappa shape index (κ3) is 6.06. The van der Waals surface area contributed by atoms with Gasteiger partial charge in [0.05, 0.1) is 0 Å². The molecule has 0 N–H and O–H groups in total. The number of furan rings is 1. The summed E-state index contributed by atoms with van der Waals surface area (Å²) in [6.07, 6.45) is 0. The molecular weight excluding hydrogens is 807 g/mol. The molecule has 0 aliphatic carbocycles. The summed E-state index contributed by atoms with van der Waals surface area (Å²) in [5.74, 6) is 1.83. The summed E-state index contributed by atoms with van der Waals surface area (Å²) < 4.78 is 11.8. The maximum Gasteiger partial charge on any atom is 0.164 e. The van der Waals surface area contributed by atoms with E-state index in [9.17, 15) is 0 Å². The first kappa shape index (κ1) is 35.9. The van der Waals surface area contributed by atoms with Gasteiger partial charge in [-0.2, -0.15) is 0 Å². The molecule has 0 aliphatic heterocycles. The standard InChI is InChI=1S/C57H33N3OS2/c1-3-11-34(12-4-1)35-21-23-37(24-22-35)56-58-55(36-13-5-2-6-14-36)59-57(60-56)44-17-9-18-48-53(44)45-32-40(26-29-47(45)61-48)41-16-10-20-51-54(41)46-31-38(27-30-50(46)62-51)39-25-28-43-42-15-7-8-19-49(42)63-52(43)33-39/h1-33H. The Morgan fingerprint density at radius 1 is 0.286 bits per heavy atom. The monoisotopic (exact) mass is 839 g/mol. The Morgan fingerprint density at radius 3 is 1.68 bits per heavy atom. The van der Waals surface area contributed by atoms with Crippen molar-refractivity contribution in [2.45, 2.75) is 0 Å². The second-order valence-corrected chi connectivity index (χ2v) is 18.1. The first-order valence-electron chi connectivity index (χ1n) is 21.0. The van der Waals surface area contributed by atoms with E-state index >= 15 is 0 Å². The highest BCUT2D eigenvalue weighted by atomic mass is 32.1. The largest absolute Gasteiger partial charge is 0.456 e. The molecule has 13 rings (SSSR count). The first-order valence-corrected chi connectivity index (χ1v) is 22.6. The molecule has 294 valence electrons. The Hall–Kier alpha value is -7.77. The van der Waals surface area contributed by atoms with Gasteiger partial charge in [-0.15, -0.1) is 22.7 Å². The smallest absolute Gasteiger partial charge is 0.164 e. The van der Waals surface area contributed by atoms with E-state index in [1.807, 2.05) is 71.2 Å². The summed E-state index contributed by atoms with van der Waals surface area (Å²) in [5.41, 5.74) is 11.4. The van der Waals surface area contributed by atoms with Crippen molar-refractivity contribution in [1.82, 2.24) is 15.0 Å². The van der Waals surface area contributed by atoms with Crippen LogP contribution in [0.15, 0.2) is 205 Å². The highest BCUT2D eigenvalue weighted by Gasteiger charge is 2.20. The van der Waals surface area contributed by atoms with Crippen molar-refractivity contribution >= 4 is 85.0 Å². The van der Waals surface area contributed by atoms with E-state index in [1.54, 1.807) is 0 Å². The van der Waals surface area contributed by atoms with Crippen molar-refractivity contribution in [2.75, 3.05) is 0 Å². The van der Waals surface area contributed by atoms with Crippen LogP contribution in [0, 0.1) is 0 Å². The third-order valence-electron chi connectivity index (χ3n) is 12.2. The van der Waals surface area contributed by atoms with Gasteiger partial charge in [0, 0.05) is 67.8 Å². The molecule has 0 bridgehead atoms. The van der Waals surface area contributed by atoms with E-state index in [4.69, 9.17) is 19.4 Å². The molecule has 4 nitrogen and oxygen atoms in total. The number of aromatic nitrogens is 3. The Kier molecular flexibility index (Phi) is 8.22. The first-order chi connectivity index (χ1) is 31.2. The molecule has 4 heterocycles. The van der Waals surface area contributed by atoms with Gasteiger partial charge in [0.2, 0.25) is 0 Å². The van der Waals surface area contributed by atoms with Gasteiger partial charge in [-0.3, -0.25) is 0 Å². The molecule has 13 aromatic rings. The topological polar surface area (TPSA) is 51.8 Å². The number of rotatable bonds is 6. The zero-order valence-electron chi connectivity index (χ0n) is 33.6. The molecule has 0 unspecified atom stereocenters. The van der Waals surface area contributed by atoms with Crippen molar-refractivity contribution in [3.63, 3.8) is 0 Å². The lowest BCUT2D eigenvalue weighted by Crippen LogP contribution is -2.00. The second-order valence-electron chi connectivity index (χ2n) is 15.9. The molecule has 0 fully saturated rings. The van der Waals surface area contributed by atoms with E-state index in [2.05, 4.69) is 152 Å². The Bertz CT molecular complexity index is 3900. The molecule has 4 aromatic heterocycles. The van der Waals surface area contributed by atoms with Crippen LogP contribution in [0.5, 0.6) is 0 Å². The van der Waals surface area contributed by atoms with Crippen molar-refractivity contribution in [3.8, 4) is 67.5 Å². The highest BCUT2D eigenvalue weighted by Crippen LogP contribution is 2.45. The lowest BCUT2D eigenvalue weighted by atomic mass is 9.95. The summed E-state index contributed by atoms with van der Waals surface area (Å²) in [4.78, 5) is 15.4. The predicted octanol–water partition coefficient (Wildman–Crippen LogP) is 16.5. The molecule has 0 aliphatic rings. The SMILES string of the molecule is c1ccc(-c2ccc(-c3nc(-c4ccccc4)nc(-c4cccc5oc6ccc(-c7cccc8sc9ccc(-c%10ccc%11c(c%10)sc%10ccccc%10%11)cc9c78)cc6c45)n3)cc2)cc1. The number of hydrogen-bond acceptors (Lipinski definition) is 6. The van der Waals surface area contributed by atoms with Crippen molar-refractivity contribution in [1.29, 1.82) is 0 Å². The van der Waals surface area contributed by atoms with Gasteiger partial charge in [-0.25, -0.2) is 15.0 Å². The summed E-state index contributed by atoms with van der Waals surface area (Å²) in [6.45, 7) is 0. The minimum absolute atomic E-state index is 0.594. The molecular formula is C57H33N3OS2. The number of hydrogen-bond donors (Lipinski definition) is 0. The van der Waals surface area contributed by atoms with E-state index < -0.39 is 0 Å². The van der Waals surface area contributed by atoms with E-state index in [0.717, 1.165) is 55.3 Å². The second kappa shape index (κ2) is 14.4. The van der Waals surface area contributed by atoms with Crippen molar-refractivity contribution in [2.24, 2.45) is 0 Å². The fourth-order valence-electron chi connectivity index (χ4n) is 9.12. The molecule has 0 radical (unpaired) electrons. The molecule has 6 heteroatoms. The molecule has 0 atom stereocenters. The number of benzene rings is 9. The Labute approximate surface area is 370 Å². The van der Waals surface area contributed by atoms with Crippen LogP contribution in [-0.4, -0.2) is 15.0 Å². The molecule has 0 saturated carbocycles. The Morgan fingerprint density at radius 2 is 0.841 bits per heavy atom. The van der Waals surface area contributed by atoms with Gasteiger partial charge >= 0.3 is 0 Å². The van der Waals surface area contributed by atoms with Crippen LogP contribution in [-0.2, 0) is 0 Å². The zero-order chi connectivity index (χ0) is 41.4. The van der Waals surface area contributed by atoms with Crippen LogP contribution in [0.1, 0.15) is 0 Å². The van der Waals surface area contributed by atoms with Crippen LogP contribution in [0.4, 0.5) is 0 Å². The normalized spacial score (nSPS) is 11.8. The number of nitrogens with zero attached hydrogens (tertiary/aromatic N) is 3. The van der Waals surface area contributed by atoms with Gasteiger partial charge < -0.3 is 4.42 Å². The Balaban J connectivity index is 0.951. The van der Waals surface area contributed by atoms with Crippen LogP contribution in [0.25, 0.3) is 130 Å². The zero-order valence-corrected chi connectivity index (χ0v) is 35.3. The third-order valence-corrected chi connectivity index (χ3v) is 14.4. The predicted molar refractivity (Wildman–Crippen MR) is 265 cm³/mol. The van der Waals surface area contributed by atoms with Crippen LogP contribution in [0.3, 0.4) is 0 Å². The fraction of sp³-hybridized carbons (Fsp3) is 0. The van der Waals surface area contributed by atoms with E-state index in [-0.39, 0.29) is 0 Å². The van der Waals surface area contributed by atoms with Crippen LogP contribution < -0.4 is 0 Å². The molecule has 63 heavy (non-hydrogen) atoms. The lowest BCUT2D eigenvalue weighted by molar-refractivity contribution is 0.669.